The molecule has 0 saturated carbocycles. The van der Waals surface area contributed by atoms with Crippen LogP contribution in [-0.4, -0.2) is 12.4 Å². The highest BCUT2D eigenvalue weighted by atomic mass is 32.1. The molecule has 0 spiro atoms. The zero-order valence-corrected chi connectivity index (χ0v) is 22.2. The summed E-state index contributed by atoms with van der Waals surface area (Å²) in [6, 6.07) is 14.0. The fourth-order valence-corrected chi connectivity index (χ4v) is 8.61. The van der Waals surface area contributed by atoms with E-state index in [0.717, 1.165) is 12.1 Å². The summed E-state index contributed by atoms with van der Waals surface area (Å²) in [5, 5.41) is 9.86. The maximum atomic E-state index is 5.00. The second-order valence-corrected chi connectivity index (χ2v) is 13.5. The summed E-state index contributed by atoms with van der Waals surface area (Å²) in [6.07, 6.45) is 1.15. The molecule has 0 aliphatic carbocycles. The van der Waals surface area contributed by atoms with Crippen LogP contribution in [0.5, 0.6) is 0 Å². The first kappa shape index (κ1) is 21.3. The molecule has 5 aromatic rings. The maximum Gasteiger partial charge on any atom is 0.108 e. The molecule has 0 fully saturated rings. The molecule has 0 amide bonds. The van der Waals surface area contributed by atoms with Crippen LogP contribution in [0.3, 0.4) is 0 Å². The van der Waals surface area contributed by atoms with Gasteiger partial charge >= 0.3 is 0 Å². The Morgan fingerprint density at radius 1 is 1.00 bits per heavy atom. The standard InChI is InChI=1S/C28H28N2S3/c1-15(2)10-18-13-20-22(32-18)7-6-19-24-27(33-26(19)20)23(29-14-30-24)17-11-16-8-9-31-25(16)21(12-17)28(3,4)5/h6-9,11-13,15,30H,10,14H2,1-5H3. The summed E-state index contributed by atoms with van der Waals surface area (Å²) in [7, 11) is 0. The molecule has 1 N–H and O–H groups in total. The van der Waals surface area contributed by atoms with Gasteiger partial charge in [-0.2, -0.15) is 0 Å². The van der Waals surface area contributed by atoms with Gasteiger partial charge in [0.25, 0.3) is 0 Å². The Morgan fingerprint density at radius 3 is 2.64 bits per heavy atom. The van der Waals surface area contributed by atoms with Crippen molar-refractivity contribution in [3.05, 3.63) is 62.7 Å². The predicted molar refractivity (Wildman–Crippen MR) is 150 cm³/mol. The van der Waals surface area contributed by atoms with Crippen LogP contribution >= 0.6 is 34.0 Å². The van der Waals surface area contributed by atoms with E-state index in [2.05, 4.69) is 81.7 Å². The number of fused-ring (bicyclic) bond motifs is 6. The fourth-order valence-electron chi connectivity index (χ4n) is 4.83. The van der Waals surface area contributed by atoms with Crippen LogP contribution in [0.15, 0.2) is 46.8 Å². The number of rotatable bonds is 3. The summed E-state index contributed by atoms with van der Waals surface area (Å²) >= 11 is 5.69. The van der Waals surface area contributed by atoms with Gasteiger partial charge in [-0.05, 0) is 70.5 Å². The van der Waals surface area contributed by atoms with Crippen molar-refractivity contribution < 1.29 is 0 Å². The average molecular weight is 489 g/mol. The van der Waals surface area contributed by atoms with E-state index >= 15 is 0 Å². The van der Waals surface area contributed by atoms with Crippen molar-refractivity contribution in [2.45, 2.75) is 46.5 Å². The van der Waals surface area contributed by atoms with Gasteiger partial charge in [-0.15, -0.1) is 34.0 Å². The largest absolute Gasteiger partial charge is 0.365 e. The molecule has 0 unspecified atom stereocenters. The minimum atomic E-state index is 0.0885. The van der Waals surface area contributed by atoms with Crippen LogP contribution in [0.4, 0.5) is 5.69 Å². The van der Waals surface area contributed by atoms with Crippen LogP contribution in [0.25, 0.3) is 30.3 Å². The number of hydrogen-bond acceptors (Lipinski definition) is 5. The second kappa shape index (κ2) is 7.66. The molecule has 0 bridgehead atoms. The average Bonchev–Trinajstić information content (AvgIpc) is 3.47. The Morgan fingerprint density at radius 2 is 1.85 bits per heavy atom. The highest BCUT2D eigenvalue weighted by molar-refractivity contribution is 7.24. The Labute approximate surface area is 207 Å². The molecule has 168 valence electrons. The summed E-state index contributed by atoms with van der Waals surface area (Å²) in [6.45, 7) is 12.1. The molecule has 1 aliphatic heterocycles. The van der Waals surface area contributed by atoms with Gasteiger partial charge in [0.05, 0.1) is 16.3 Å². The number of benzene rings is 2. The summed E-state index contributed by atoms with van der Waals surface area (Å²) in [4.78, 5) is 7.75. The van der Waals surface area contributed by atoms with Crippen LogP contribution in [0.2, 0.25) is 0 Å². The van der Waals surface area contributed by atoms with Gasteiger partial charge in [0.2, 0.25) is 0 Å². The molecule has 1 aliphatic rings. The number of aliphatic imine (C=N–C) groups is 1. The smallest absolute Gasteiger partial charge is 0.108 e. The zero-order valence-electron chi connectivity index (χ0n) is 19.7. The molecular weight excluding hydrogens is 461 g/mol. The maximum absolute atomic E-state index is 5.00. The second-order valence-electron chi connectivity index (χ2n) is 10.4. The van der Waals surface area contributed by atoms with Crippen molar-refractivity contribution in [2.24, 2.45) is 10.9 Å². The lowest BCUT2D eigenvalue weighted by atomic mass is 9.84. The molecule has 6 rings (SSSR count). The van der Waals surface area contributed by atoms with E-state index in [1.807, 2.05) is 34.0 Å². The summed E-state index contributed by atoms with van der Waals surface area (Å²) in [5.41, 5.74) is 5.12. The van der Waals surface area contributed by atoms with Gasteiger partial charge in [0.1, 0.15) is 6.67 Å². The van der Waals surface area contributed by atoms with E-state index in [1.54, 1.807) is 0 Å². The molecule has 0 saturated heterocycles. The highest BCUT2D eigenvalue weighted by Gasteiger charge is 2.25. The van der Waals surface area contributed by atoms with Gasteiger partial charge in [0, 0.05) is 35.3 Å². The molecule has 2 nitrogen and oxygen atoms in total. The number of thiophene rings is 3. The molecule has 3 aromatic heterocycles. The molecule has 0 atom stereocenters. The zero-order chi connectivity index (χ0) is 22.9. The third-order valence-electron chi connectivity index (χ3n) is 6.35. The third kappa shape index (κ3) is 3.52. The minimum absolute atomic E-state index is 0.0885. The summed E-state index contributed by atoms with van der Waals surface area (Å²) in [5.74, 6) is 0.675. The van der Waals surface area contributed by atoms with E-state index in [9.17, 15) is 0 Å². The van der Waals surface area contributed by atoms with Crippen LogP contribution in [0, 0.1) is 5.92 Å². The first-order valence-corrected chi connectivity index (χ1v) is 14.1. The van der Waals surface area contributed by atoms with E-state index in [4.69, 9.17) is 4.99 Å². The van der Waals surface area contributed by atoms with Gasteiger partial charge < -0.3 is 5.32 Å². The fraction of sp³-hybridized carbons (Fsp3) is 0.321. The van der Waals surface area contributed by atoms with E-state index < -0.39 is 0 Å². The van der Waals surface area contributed by atoms with Crippen LogP contribution < -0.4 is 5.32 Å². The Balaban J connectivity index is 1.54. The van der Waals surface area contributed by atoms with Crippen molar-refractivity contribution in [1.82, 2.24) is 0 Å². The van der Waals surface area contributed by atoms with Crippen LogP contribution in [0.1, 0.15) is 55.5 Å². The number of hydrogen-bond donors (Lipinski definition) is 1. The minimum Gasteiger partial charge on any atom is -0.365 e. The lowest BCUT2D eigenvalue weighted by molar-refractivity contribution is 0.596. The normalized spacial score (nSPS) is 14.3. The Bertz CT molecular complexity index is 1550. The van der Waals surface area contributed by atoms with Gasteiger partial charge in [-0.25, -0.2) is 0 Å². The topological polar surface area (TPSA) is 24.4 Å². The number of anilines is 1. The van der Waals surface area contributed by atoms with Crippen molar-refractivity contribution >= 4 is 75.7 Å². The van der Waals surface area contributed by atoms with Crippen molar-refractivity contribution in [3.63, 3.8) is 0 Å². The van der Waals surface area contributed by atoms with Gasteiger partial charge in [-0.1, -0.05) is 34.6 Å². The summed E-state index contributed by atoms with van der Waals surface area (Å²) < 4.78 is 4.18. The highest BCUT2D eigenvalue weighted by Crippen LogP contribution is 2.45. The molecule has 5 heteroatoms. The first-order chi connectivity index (χ1) is 15.8. The molecule has 2 aromatic carbocycles. The molecule has 33 heavy (non-hydrogen) atoms. The lowest BCUT2D eigenvalue weighted by Gasteiger charge is -2.22. The predicted octanol–water partition coefficient (Wildman–Crippen LogP) is 9.05. The van der Waals surface area contributed by atoms with Crippen molar-refractivity contribution in [2.75, 3.05) is 12.0 Å². The number of nitrogens with zero attached hydrogens (tertiary/aromatic N) is 1. The lowest BCUT2D eigenvalue weighted by Crippen LogP contribution is -2.16. The number of nitrogens with one attached hydrogen (secondary N) is 1. The molecular formula is C28H28N2S3. The first-order valence-electron chi connectivity index (χ1n) is 11.6. The van der Waals surface area contributed by atoms with Crippen molar-refractivity contribution in [3.8, 4) is 0 Å². The molecule has 4 heterocycles. The monoisotopic (exact) mass is 488 g/mol. The molecule has 0 radical (unpaired) electrons. The van der Waals surface area contributed by atoms with Gasteiger partial charge in [0.15, 0.2) is 0 Å². The quantitative estimate of drug-likeness (QED) is 0.269. The van der Waals surface area contributed by atoms with E-state index in [-0.39, 0.29) is 5.41 Å². The third-order valence-corrected chi connectivity index (χ3v) is 9.68. The van der Waals surface area contributed by atoms with E-state index in [0.29, 0.717) is 12.6 Å². The Hall–Kier alpha value is -2.21. The Kier molecular flexibility index (Phi) is 4.95. The van der Waals surface area contributed by atoms with Crippen molar-refractivity contribution in [1.29, 1.82) is 0 Å². The van der Waals surface area contributed by atoms with Crippen LogP contribution in [-0.2, 0) is 11.8 Å². The van der Waals surface area contributed by atoms with Gasteiger partial charge in [-0.3, -0.25) is 4.99 Å². The van der Waals surface area contributed by atoms with E-state index in [1.165, 1.54) is 56.8 Å². The SMILES string of the molecule is CC(C)Cc1cc2c(ccc3c4c(sc32)C(c2cc(C(C)(C)C)c3sccc3c2)=NCN4)s1.